The van der Waals surface area contributed by atoms with Crippen LogP contribution in [0.1, 0.15) is 116 Å². The highest BCUT2D eigenvalue weighted by atomic mass is 32.2. The average molecular weight is 742 g/mol. The maximum absolute atomic E-state index is 12.2. The third kappa shape index (κ3) is 15.0. The summed E-state index contributed by atoms with van der Waals surface area (Å²) in [5.41, 5.74) is 1.01. The first kappa shape index (κ1) is 44.2. The van der Waals surface area contributed by atoms with Gasteiger partial charge in [0, 0.05) is 5.56 Å². The van der Waals surface area contributed by atoms with Gasteiger partial charge >= 0.3 is 0 Å². The Morgan fingerprint density at radius 1 is 0.674 bits per heavy atom. The molecule has 2 aromatic carbocycles. The Balaban J connectivity index is 0.000000360. The van der Waals surface area contributed by atoms with Crippen molar-refractivity contribution in [3.8, 4) is 0 Å². The third-order valence-electron chi connectivity index (χ3n) is 7.67. The Hall–Kier alpha value is 0.170. The number of Topliss-reactive ketones (excluding diaryl/α,β-unsaturated/α-hetero) is 1. The minimum atomic E-state index is -0.841. The maximum atomic E-state index is 12.2. The first-order valence-corrected chi connectivity index (χ1v) is 22.9. The smallest absolute Gasteiger partial charge is 0.159 e. The van der Waals surface area contributed by atoms with Crippen molar-refractivity contribution in [2.24, 2.45) is 0 Å². The molecule has 0 spiro atoms. The summed E-state index contributed by atoms with van der Waals surface area (Å²) in [4.78, 5) is 10.6. The topological polar surface area (TPSA) is 37.3 Å². The van der Waals surface area contributed by atoms with Crippen LogP contribution in [0.4, 0.5) is 0 Å². The maximum Gasteiger partial charge on any atom is 0.159 e. The number of thioether (sulfide) groups is 6. The van der Waals surface area contributed by atoms with Gasteiger partial charge in [0.25, 0.3) is 0 Å². The van der Waals surface area contributed by atoms with Gasteiger partial charge in [-0.05, 0) is 80.1 Å². The molecule has 262 valence electrons. The van der Waals surface area contributed by atoms with Crippen molar-refractivity contribution in [3.63, 3.8) is 0 Å². The quantitative estimate of drug-likeness (QED) is 0.232. The number of carbonyl (C=O) groups excluding carboxylic acids is 1. The predicted octanol–water partition coefficient (Wildman–Crippen LogP) is 12.9. The summed E-state index contributed by atoms with van der Waals surface area (Å²) in [7, 11) is 0. The molecule has 0 aromatic heterocycles. The molecule has 0 radical (unpaired) electrons. The van der Waals surface area contributed by atoms with Crippen LogP contribution in [-0.2, 0) is 5.60 Å². The molecule has 46 heavy (non-hydrogen) atoms. The lowest BCUT2D eigenvalue weighted by Crippen LogP contribution is -2.58. The Bertz CT molecular complexity index is 986. The molecule has 5 rings (SSSR count). The summed E-state index contributed by atoms with van der Waals surface area (Å²) in [6.07, 6.45) is 9.16. The lowest BCUT2D eigenvalue weighted by molar-refractivity contribution is 0.0202. The minimum Gasteiger partial charge on any atom is -0.380 e. The highest BCUT2D eigenvalue weighted by Gasteiger charge is 2.61. The van der Waals surface area contributed by atoms with Gasteiger partial charge in [0.15, 0.2) is 5.78 Å². The van der Waals surface area contributed by atoms with E-state index in [2.05, 4.69) is 72.7 Å². The molecule has 3 aliphatic heterocycles. The van der Waals surface area contributed by atoms with Gasteiger partial charge in [0.05, 0.1) is 8.16 Å². The van der Waals surface area contributed by atoms with Gasteiger partial charge in [-0.2, -0.15) is 6.92 Å². The van der Waals surface area contributed by atoms with Crippen LogP contribution in [0.15, 0.2) is 60.7 Å². The van der Waals surface area contributed by atoms with E-state index in [0.717, 1.165) is 34.1 Å². The molecule has 1 N–H and O–H groups in total. The van der Waals surface area contributed by atoms with Gasteiger partial charge in [0.1, 0.15) is 5.60 Å². The summed E-state index contributed by atoms with van der Waals surface area (Å²) >= 11 is 11.8. The molecule has 2 nitrogen and oxygen atoms in total. The van der Waals surface area contributed by atoms with Crippen LogP contribution in [0.25, 0.3) is 0 Å². The molecule has 8 heteroatoms. The molecule has 0 amide bonds. The van der Waals surface area contributed by atoms with E-state index in [1.54, 1.807) is 11.5 Å². The number of ketones is 1. The normalized spacial score (nSPS) is 18.8. The van der Waals surface area contributed by atoms with Crippen molar-refractivity contribution in [2.75, 3.05) is 34.5 Å². The fraction of sp³-hybridized carbons (Fsp3) is 0.632. The van der Waals surface area contributed by atoms with Gasteiger partial charge in [-0.1, -0.05) is 114 Å². The van der Waals surface area contributed by atoms with E-state index >= 15 is 0 Å². The zero-order chi connectivity index (χ0) is 34.3. The number of unbranched alkanes of at least 4 members (excludes halogenated alkanes) is 2. The first-order valence-electron chi connectivity index (χ1n) is 17.0. The molecular formula is C38H61O2S6-. The monoisotopic (exact) mass is 741 g/mol. The minimum absolute atomic E-state index is 0.121. The molecule has 3 saturated heterocycles. The van der Waals surface area contributed by atoms with E-state index in [-0.39, 0.29) is 13.9 Å². The number of hydrogen-bond donors (Lipinski definition) is 1. The van der Waals surface area contributed by atoms with Gasteiger partial charge in [-0.3, -0.25) is 4.79 Å². The molecule has 0 aliphatic carbocycles. The first-order chi connectivity index (χ1) is 22.0. The Labute approximate surface area is 309 Å². The van der Waals surface area contributed by atoms with Gasteiger partial charge in [0.2, 0.25) is 0 Å². The summed E-state index contributed by atoms with van der Waals surface area (Å²) < 4.78 is 1.16. The number of carbonyl (C=O) groups is 1. The Morgan fingerprint density at radius 3 is 1.30 bits per heavy atom. The van der Waals surface area contributed by atoms with Crippen molar-refractivity contribution >= 4 is 76.4 Å². The Kier molecular flexibility index (Phi) is 24.2. The molecule has 0 unspecified atom stereocenters. The zero-order valence-electron chi connectivity index (χ0n) is 29.8. The van der Waals surface area contributed by atoms with E-state index in [1.165, 1.54) is 56.5 Å². The standard InChI is InChI=1S/C17H24OS4.C8H8O.C5H9S2.2C4H10/c1-15(19-10-6-11-20-15)17(18,14-8-4-3-5-9-14)16(2)21-12-7-13-22-16;1-7(9)8-5-3-2-4-6-8;1-5-6-3-2-4-7-5;2*1-3-4-2/h3-5,8-9,18H,6-7,10-13H2,1-2H3;2-6H,1H3;2-4H2,1H3;2*3-4H2,1-2H3/q;;-1;;. The van der Waals surface area contributed by atoms with E-state index in [1.807, 2.05) is 107 Å². The SMILES string of the molecule is CC(=O)c1ccccc1.CC1(C(O)(c2ccccc2)C2(C)SCCCS2)SCCCS1.CCCC.CCCC.C[C-]1SCCCS1. The van der Waals surface area contributed by atoms with Crippen molar-refractivity contribution in [1.82, 2.24) is 0 Å². The van der Waals surface area contributed by atoms with Crippen LogP contribution >= 0.6 is 70.6 Å². The van der Waals surface area contributed by atoms with Gasteiger partial charge in [-0.25, -0.2) is 4.58 Å². The van der Waals surface area contributed by atoms with E-state index in [0.29, 0.717) is 0 Å². The van der Waals surface area contributed by atoms with Gasteiger partial charge < -0.3 is 28.6 Å². The average Bonchev–Trinajstić information content (AvgIpc) is 3.10. The largest absolute Gasteiger partial charge is 0.380 e. The number of rotatable bonds is 6. The molecule has 2 aromatic rings. The summed E-state index contributed by atoms with van der Waals surface area (Å²) in [6, 6.07) is 19.6. The van der Waals surface area contributed by atoms with Crippen LogP contribution in [0, 0.1) is 4.58 Å². The molecule has 3 heterocycles. The van der Waals surface area contributed by atoms with Crippen LogP contribution in [0.5, 0.6) is 0 Å². The van der Waals surface area contributed by atoms with Crippen LogP contribution in [0.2, 0.25) is 0 Å². The fourth-order valence-corrected chi connectivity index (χ4v) is 13.8. The second kappa shape index (κ2) is 25.2. The molecule has 0 saturated carbocycles. The van der Waals surface area contributed by atoms with Crippen molar-refractivity contribution in [1.29, 1.82) is 0 Å². The second-order valence-corrected chi connectivity index (χ2v) is 21.0. The van der Waals surface area contributed by atoms with E-state index in [9.17, 15) is 9.90 Å². The molecule has 3 aliphatic rings. The highest BCUT2D eigenvalue weighted by Crippen LogP contribution is 2.64. The molecule has 0 bridgehead atoms. The predicted molar refractivity (Wildman–Crippen MR) is 222 cm³/mol. The van der Waals surface area contributed by atoms with Crippen molar-refractivity contribution in [3.05, 3.63) is 76.4 Å². The summed E-state index contributed by atoms with van der Waals surface area (Å²) in [5.74, 6) is 7.38. The molecule has 0 atom stereocenters. The fourth-order valence-electron chi connectivity index (χ4n) is 4.51. The molecule has 3 fully saturated rings. The second-order valence-electron chi connectivity index (χ2n) is 11.5. The highest BCUT2D eigenvalue weighted by molar-refractivity contribution is 8.21. The van der Waals surface area contributed by atoms with Crippen LogP contribution in [0.3, 0.4) is 0 Å². The summed E-state index contributed by atoms with van der Waals surface area (Å²) in [5, 5.41) is 12.2. The van der Waals surface area contributed by atoms with E-state index in [4.69, 9.17) is 0 Å². The summed E-state index contributed by atoms with van der Waals surface area (Å²) in [6.45, 7) is 17.0. The van der Waals surface area contributed by atoms with Gasteiger partial charge in [-0.15, -0.1) is 47.0 Å². The lowest BCUT2D eigenvalue weighted by atomic mass is 9.86. The van der Waals surface area contributed by atoms with Crippen molar-refractivity contribution < 1.29 is 9.90 Å². The van der Waals surface area contributed by atoms with Crippen LogP contribution in [-0.4, -0.2) is 53.6 Å². The molecular weight excluding hydrogens is 681 g/mol. The third-order valence-corrected chi connectivity index (χ3v) is 16.9. The number of hydrogen-bond acceptors (Lipinski definition) is 8. The van der Waals surface area contributed by atoms with E-state index < -0.39 is 5.60 Å². The lowest BCUT2D eigenvalue weighted by Gasteiger charge is -2.55. The number of benzene rings is 2. The Morgan fingerprint density at radius 2 is 1.02 bits per heavy atom. The zero-order valence-corrected chi connectivity index (χ0v) is 34.7. The van der Waals surface area contributed by atoms with Crippen LogP contribution < -0.4 is 0 Å². The number of aliphatic hydroxyl groups is 1. The van der Waals surface area contributed by atoms with Crippen molar-refractivity contribution in [2.45, 2.75) is 114 Å².